The first-order valence-electron chi connectivity index (χ1n) is 10.3. The Kier molecular flexibility index (Phi) is 15.0. The molecule has 0 saturated heterocycles. The maximum atomic E-state index is 8.84. The molecular weight excluding hydrogens is 595 g/mol. The molecular formula is C25H30Br2N2Pd. The van der Waals surface area contributed by atoms with E-state index in [-0.39, 0.29) is 0 Å². The zero-order chi connectivity index (χ0) is 22.2. The molecule has 0 amide bonds. The molecule has 2 rings (SSSR count). The molecule has 0 heterocycles. The molecule has 0 aliphatic heterocycles. The van der Waals surface area contributed by atoms with E-state index in [0.717, 1.165) is 24.8 Å². The first kappa shape index (κ1) is 27.0. The van der Waals surface area contributed by atoms with E-state index in [1.807, 2.05) is 0 Å². The third kappa shape index (κ3) is 9.40. The van der Waals surface area contributed by atoms with Crippen LogP contribution in [0.25, 0.3) is 11.1 Å². The number of hydrogen-bond acceptors (Lipinski definition) is 0. The quantitative estimate of drug-likeness (QED) is 0.0672. The SMILES string of the molecule is CCCCCc1cccc(C(=C(C=C=[N+]=[N-])CC)c2cccc(CC)c2)c1.[Br][Pd][Br]. The molecule has 164 valence electrons. The number of benzene rings is 2. The Morgan fingerprint density at radius 1 is 1.00 bits per heavy atom. The van der Waals surface area contributed by atoms with E-state index in [9.17, 15) is 0 Å². The molecule has 0 fully saturated rings. The molecule has 0 aliphatic carbocycles. The molecule has 5 heteroatoms. The zero-order valence-electron chi connectivity index (χ0n) is 17.9. The molecule has 2 aromatic carbocycles. The molecule has 0 atom stereocenters. The van der Waals surface area contributed by atoms with Gasteiger partial charge in [-0.05, 0) is 59.1 Å². The van der Waals surface area contributed by atoms with Gasteiger partial charge in [-0.3, -0.25) is 0 Å². The average Bonchev–Trinajstić information content (AvgIpc) is 2.77. The summed E-state index contributed by atoms with van der Waals surface area (Å²) >= 11 is 6.80. The number of allylic oxidation sites excluding steroid dienone is 2. The predicted octanol–water partition coefficient (Wildman–Crippen LogP) is 8.34. The summed E-state index contributed by atoms with van der Waals surface area (Å²) in [6.45, 7) is 6.54. The number of unbranched alkanes of at least 4 members (excludes halogenated alkanes) is 2. The van der Waals surface area contributed by atoms with Gasteiger partial charge in [-0.2, -0.15) is 0 Å². The Hall–Kier alpha value is -1.04. The van der Waals surface area contributed by atoms with Crippen molar-refractivity contribution in [2.75, 3.05) is 0 Å². The van der Waals surface area contributed by atoms with E-state index in [1.54, 1.807) is 6.08 Å². The van der Waals surface area contributed by atoms with Crippen LogP contribution in [0.4, 0.5) is 0 Å². The summed E-state index contributed by atoms with van der Waals surface area (Å²) in [5.41, 5.74) is 16.3. The topological polar surface area (TPSA) is 36.4 Å². The fraction of sp³-hybridized carbons (Fsp3) is 0.360. The number of halogens is 2. The van der Waals surface area contributed by atoms with Crippen LogP contribution >= 0.6 is 26.9 Å². The Bertz CT molecular complexity index is 896. The Labute approximate surface area is 203 Å². The zero-order valence-corrected chi connectivity index (χ0v) is 22.6. The normalized spacial score (nSPS) is 11.0. The van der Waals surface area contributed by atoms with E-state index in [0.29, 0.717) is 13.9 Å². The second-order valence-electron chi connectivity index (χ2n) is 6.88. The van der Waals surface area contributed by atoms with Crippen LogP contribution < -0.4 is 0 Å². The van der Waals surface area contributed by atoms with Crippen LogP contribution in [0.1, 0.15) is 68.7 Å². The predicted molar refractivity (Wildman–Crippen MR) is 133 cm³/mol. The Morgan fingerprint density at radius 2 is 1.60 bits per heavy atom. The number of nitrogens with zero attached hydrogens (tertiary/aromatic N) is 2. The molecule has 0 radical (unpaired) electrons. The Morgan fingerprint density at radius 3 is 2.13 bits per heavy atom. The number of aryl methyl sites for hydroxylation is 2. The van der Waals surface area contributed by atoms with Gasteiger partial charge in [0.15, 0.2) is 0 Å². The van der Waals surface area contributed by atoms with Crippen molar-refractivity contribution in [3.05, 3.63) is 88.0 Å². The minimum atomic E-state index is 0.575. The molecule has 0 spiro atoms. The van der Waals surface area contributed by atoms with Crippen LogP contribution in [-0.4, -0.2) is 10.7 Å². The summed E-state index contributed by atoms with van der Waals surface area (Å²) in [5.74, 6) is 2.60. The molecule has 2 nitrogen and oxygen atoms in total. The summed E-state index contributed by atoms with van der Waals surface area (Å²) in [6, 6.07) is 17.6. The van der Waals surface area contributed by atoms with Gasteiger partial charge >= 0.3 is 40.8 Å². The standard InChI is InChI=1S/C25H30N2.2BrH.Pd/c1-4-7-8-11-21-13-10-15-24(19-21)25(22(6-3)16-17-27-26)23-14-9-12-20(5-2)18-23;;;/h9-10,12-16,18-19H,4-8,11H2,1-3H3;2*1H;/q;;;+2/p-2. The monoisotopic (exact) mass is 622 g/mol. The van der Waals surface area contributed by atoms with Gasteiger partial charge in [0.1, 0.15) is 0 Å². The van der Waals surface area contributed by atoms with Crippen LogP contribution in [0.15, 0.2) is 60.2 Å². The van der Waals surface area contributed by atoms with E-state index < -0.39 is 0 Å². The summed E-state index contributed by atoms with van der Waals surface area (Å²) in [6.07, 6.45) is 8.47. The summed E-state index contributed by atoms with van der Waals surface area (Å²) in [4.78, 5) is 3.05. The van der Waals surface area contributed by atoms with Gasteiger partial charge in [-0.1, -0.05) is 82.1 Å². The van der Waals surface area contributed by atoms with Crippen molar-refractivity contribution in [1.29, 1.82) is 0 Å². The first-order chi connectivity index (χ1) is 14.6. The van der Waals surface area contributed by atoms with Crippen LogP contribution in [0.2, 0.25) is 0 Å². The fourth-order valence-electron chi connectivity index (χ4n) is 3.40. The second kappa shape index (κ2) is 16.6. The van der Waals surface area contributed by atoms with Crippen LogP contribution in [0, 0.1) is 0 Å². The van der Waals surface area contributed by atoms with Crippen LogP contribution in [-0.2, 0) is 26.8 Å². The van der Waals surface area contributed by atoms with Crippen molar-refractivity contribution in [2.45, 2.75) is 59.3 Å². The molecule has 2 aromatic rings. The van der Waals surface area contributed by atoms with Gasteiger partial charge in [0.05, 0.1) is 6.08 Å². The van der Waals surface area contributed by atoms with Gasteiger partial charge in [-0.25, -0.2) is 0 Å². The van der Waals surface area contributed by atoms with E-state index in [4.69, 9.17) is 5.53 Å². The summed E-state index contributed by atoms with van der Waals surface area (Å²) in [5, 5.41) is 0. The van der Waals surface area contributed by atoms with E-state index in [1.165, 1.54) is 47.1 Å². The van der Waals surface area contributed by atoms with Crippen molar-refractivity contribution in [3.8, 4) is 0 Å². The van der Waals surface area contributed by atoms with Gasteiger partial charge in [0, 0.05) is 0 Å². The molecule has 0 unspecified atom stereocenters. The van der Waals surface area contributed by atoms with Crippen LogP contribution in [0.5, 0.6) is 0 Å². The molecule has 30 heavy (non-hydrogen) atoms. The van der Waals surface area contributed by atoms with E-state index in [2.05, 4.69) is 107 Å². The van der Waals surface area contributed by atoms with Crippen molar-refractivity contribution in [2.24, 2.45) is 0 Å². The molecule has 0 N–H and O–H groups in total. The third-order valence-corrected chi connectivity index (χ3v) is 4.91. The van der Waals surface area contributed by atoms with Crippen LogP contribution in [0.3, 0.4) is 0 Å². The summed E-state index contributed by atoms with van der Waals surface area (Å²) in [7, 11) is 0. The van der Waals surface area contributed by atoms with E-state index >= 15 is 0 Å². The van der Waals surface area contributed by atoms with Gasteiger partial charge in [0.25, 0.3) is 5.87 Å². The Balaban J connectivity index is 0.00000141. The van der Waals surface area contributed by atoms with Crippen molar-refractivity contribution < 1.29 is 18.7 Å². The first-order valence-corrected chi connectivity index (χ1v) is 17.4. The second-order valence-corrected chi connectivity index (χ2v) is 14.1. The molecule has 0 bridgehead atoms. The van der Waals surface area contributed by atoms with Gasteiger partial charge < -0.3 is 5.53 Å². The van der Waals surface area contributed by atoms with Crippen molar-refractivity contribution >= 4 is 38.3 Å². The van der Waals surface area contributed by atoms with Crippen molar-refractivity contribution in [1.82, 2.24) is 0 Å². The molecule has 0 aliphatic rings. The van der Waals surface area contributed by atoms with Crippen molar-refractivity contribution in [3.63, 3.8) is 0 Å². The number of rotatable bonds is 9. The summed E-state index contributed by atoms with van der Waals surface area (Å²) < 4.78 is 0. The van der Waals surface area contributed by atoms with Gasteiger partial charge in [-0.15, -0.1) is 4.79 Å². The van der Waals surface area contributed by atoms with Gasteiger partial charge in [0.2, 0.25) is 0 Å². The average molecular weight is 625 g/mol. The molecule has 0 aromatic heterocycles. The third-order valence-electron chi connectivity index (χ3n) is 4.91. The number of hydrogen-bond donors (Lipinski definition) is 0. The maximum absolute atomic E-state index is 8.84. The minimum absolute atomic E-state index is 0.575. The molecule has 0 saturated carbocycles. The fourth-order valence-corrected chi connectivity index (χ4v) is 3.40.